The first-order chi connectivity index (χ1) is 12.5. The van der Waals surface area contributed by atoms with Crippen LogP contribution in [0, 0.1) is 0 Å². The molecule has 0 radical (unpaired) electrons. The first-order valence-corrected chi connectivity index (χ1v) is 9.93. The number of amides is 1. The highest BCUT2D eigenvalue weighted by Gasteiger charge is 2.46. The van der Waals surface area contributed by atoms with Gasteiger partial charge in [0, 0.05) is 16.7 Å². The van der Waals surface area contributed by atoms with Crippen molar-refractivity contribution < 1.29 is 23.1 Å². The number of benzene rings is 1. The maximum atomic E-state index is 12.5. The molecule has 1 amide bonds. The van der Waals surface area contributed by atoms with E-state index in [-0.39, 0.29) is 30.6 Å². The van der Waals surface area contributed by atoms with Gasteiger partial charge in [-0.05, 0) is 23.8 Å². The molecule has 1 aromatic carbocycles. The third-order valence-electron chi connectivity index (χ3n) is 4.51. The molecule has 3 aliphatic rings. The molecule has 8 heteroatoms. The predicted octanol–water partition coefficient (Wildman–Crippen LogP) is 0.201. The molecule has 0 aromatic heterocycles. The third-order valence-corrected chi connectivity index (χ3v) is 5.91. The molecule has 1 saturated heterocycles. The van der Waals surface area contributed by atoms with E-state index in [1.165, 1.54) is 6.08 Å². The summed E-state index contributed by atoms with van der Waals surface area (Å²) >= 11 is 0. The van der Waals surface area contributed by atoms with Gasteiger partial charge in [-0.3, -0.25) is 4.79 Å². The summed E-state index contributed by atoms with van der Waals surface area (Å²) in [6.45, 7) is -0.0936. The smallest absolute Gasteiger partial charge is 0.250 e. The second kappa shape index (κ2) is 6.39. The molecule has 0 bridgehead atoms. The van der Waals surface area contributed by atoms with Gasteiger partial charge in [-0.1, -0.05) is 24.3 Å². The summed E-state index contributed by atoms with van der Waals surface area (Å²) in [7, 11) is -3.23. The molecular formula is C18H18N2O5S. The molecule has 3 aliphatic heterocycles. The van der Waals surface area contributed by atoms with Crippen molar-refractivity contribution in [3.63, 3.8) is 0 Å². The monoisotopic (exact) mass is 374 g/mol. The van der Waals surface area contributed by atoms with E-state index in [1.807, 2.05) is 24.3 Å². The highest BCUT2D eigenvalue weighted by Crippen LogP contribution is 2.33. The minimum atomic E-state index is -3.23. The number of hydrogen-bond acceptors (Lipinski definition) is 6. The molecule has 1 aromatic rings. The van der Waals surface area contributed by atoms with Gasteiger partial charge in [-0.25, -0.2) is 8.42 Å². The number of allylic oxidation sites excluding steroid dienone is 2. The standard InChI is InChI=1S/C18H18N2O5S/c21-9-11-3-1-2-4-13(11)15-6-5-14(16-18(20-15)25-16)17(22)19-12-7-8-26(23,24)10-12/h1-8,12,16,18,20-21H,9-10H2,(H,19,22)/t12-,16?,18?/m1/s1. The van der Waals surface area contributed by atoms with Crippen molar-refractivity contribution in [3.05, 3.63) is 64.6 Å². The van der Waals surface area contributed by atoms with E-state index >= 15 is 0 Å². The Hall–Kier alpha value is -2.42. The van der Waals surface area contributed by atoms with Gasteiger partial charge in [0.15, 0.2) is 16.1 Å². The van der Waals surface area contributed by atoms with Crippen molar-refractivity contribution in [2.75, 3.05) is 5.75 Å². The molecule has 0 aliphatic carbocycles. The van der Waals surface area contributed by atoms with Gasteiger partial charge in [0.1, 0.15) is 6.10 Å². The van der Waals surface area contributed by atoms with Crippen LogP contribution in [0.3, 0.4) is 0 Å². The van der Waals surface area contributed by atoms with Crippen LogP contribution in [0.15, 0.2) is 53.5 Å². The lowest BCUT2D eigenvalue weighted by Gasteiger charge is -2.11. The van der Waals surface area contributed by atoms with Crippen LogP contribution in [0.4, 0.5) is 0 Å². The summed E-state index contributed by atoms with van der Waals surface area (Å²) in [5, 5.41) is 16.6. The molecule has 26 heavy (non-hydrogen) atoms. The van der Waals surface area contributed by atoms with E-state index in [2.05, 4.69) is 10.6 Å². The van der Waals surface area contributed by atoms with Crippen molar-refractivity contribution >= 4 is 21.4 Å². The molecule has 2 unspecified atom stereocenters. The fraction of sp³-hybridized carbons (Fsp3) is 0.278. The van der Waals surface area contributed by atoms with Gasteiger partial charge in [-0.15, -0.1) is 0 Å². The van der Waals surface area contributed by atoms with Gasteiger partial charge in [0.25, 0.3) is 5.91 Å². The van der Waals surface area contributed by atoms with Gasteiger partial charge >= 0.3 is 0 Å². The lowest BCUT2D eigenvalue weighted by atomic mass is 10.0. The molecule has 4 rings (SSSR count). The Morgan fingerprint density at radius 2 is 2.12 bits per heavy atom. The number of sulfone groups is 1. The summed E-state index contributed by atoms with van der Waals surface area (Å²) in [5.41, 5.74) is 2.81. The first kappa shape index (κ1) is 17.0. The number of nitrogens with one attached hydrogen (secondary N) is 2. The lowest BCUT2D eigenvalue weighted by Crippen LogP contribution is -2.37. The lowest BCUT2D eigenvalue weighted by molar-refractivity contribution is -0.118. The molecule has 0 saturated carbocycles. The number of rotatable bonds is 4. The molecule has 3 N–H and O–H groups in total. The summed E-state index contributed by atoms with van der Waals surface area (Å²) in [6.07, 6.45) is 4.23. The summed E-state index contributed by atoms with van der Waals surface area (Å²) in [6, 6.07) is 6.91. The number of carbonyl (C=O) groups excluding carboxylic acids is 1. The maximum Gasteiger partial charge on any atom is 0.250 e. The molecule has 3 heterocycles. The molecule has 7 nitrogen and oxygen atoms in total. The highest BCUT2D eigenvalue weighted by molar-refractivity contribution is 7.94. The number of ether oxygens (including phenoxy) is 1. The second-order valence-corrected chi connectivity index (χ2v) is 8.31. The second-order valence-electron chi connectivity index (χ2n) is 6.38. The molecule has 136 valence electrons. The van der Waals surface area contributed by atoms with Crippen molar-refractivity contribution in [2.45, 2.75) is 25.0 Å². The number of hydrogen-bond donors (Lipinski definition) is 3. The van der Waals surface area contributed by atoms with Crippen molar-refractivity contribution in [2.24, 2.45) is 0 Å². The van der Waals surface area contributed by atoms with Gasteiger partial charge in [0.05, 0.1) is 24.0 Å². The van der Waals surface area contributed by atoms with E-state index < -0.39 is 15.9 Å². The van der Waals surface area contributed by atoms with E-state index in [4.69, 9.17) is 4.74 Å². The molecular weight excluding hydrogens is 356 g/mol. The van der Waals surface area contributed by atoms with Gasteiger partial charge < -0.3 is 20.5 Å². The Balaban J connectivity index is 1.56. The van der Waals surface area contributed by atoms with Crippen LogP contribution in [0.1, 0.15) is 11.1 Å². The number of carbonyl (C=O) groups is 1. The molecule has 0 spiro atoms. The average molecular weight is 374 g/mol. The Labute approximate surface area is 151 Å². The van der Waals surface area contributed by atoms with Crippen molar-refractivity contribution in [1.29, 1.82) is 0 Å². The number of aliphatic hydroxyl groups excluding tert-OH is 1. The van der Waals surface area contributed by atoms with E-state index in [1.54, 1.807) is 12.2 Å². The van der Waals surface area contributed by atoms with E-state index in [0.29, 0.717) is 5.57 Å². The van der Waals surface area contributed by atoms with Gasteiger partial charge in [0.2, 0.25) is 0 Å². The summed E-state index contributed by atoms with van der Waals surface area (Å²) in [5.74, 6) is -0.469. The Morgan fingerprint density at radius 1 is 1.31 bits per heavy atom. The molecule has 3 atom stereocenters. The SMILES string of the molecule is O=C(N[C@@H]1C=CS(=O)(=O)C1)C1=CC=C(c2ccccc2CO)NC2OC12. The van der Waals surface area contributed by atoms with Crippen molar-refractivity contribution in [3.8, 4) is 0 Å². The van der Waals surface area contributed by atoms with Crippen LogP contribution in [0.5, 0.6) is 0 Å². The Kier molecular flexibility index (Phi) is 4.18. The largest absolute Gasteiger partial charge is 0.392 e. The predicted molar refractivity (Wildman–Crippen MR) is 95.1 cm³/mol. The Bertz CT molecular complexity index is 948. The quantitative estimate of drug-likeness (QED) is 0.650. The topological polar surface area (TPSA) is 108 Å². The minimum Gasteiger partial charge on any atom is -0.392 e. The fourth-order valence-corrected chi connectivity index (χ4v) is 4.37. The van der Waals surface area contributed by atoms with E-state index in [9.17, 15) is 18.3 Å². The van der Waals surface area contributed by atoms with Crippen LogP contribution in [-0.4, -0.2) is 43.6 Å². The number of epoxide rings is 1. The van der Waals surface area contributed by atoms with E-state index in [0.717, 1.165) is 22.2 Å². The summed E-state index contributed by atoms with van der Waals surface area (Å²) < 4.78 is 28.5. The number of fused-ring (bicyclic) bond motifs is 1. The maximum absolute atomic E-state index is 12.5. The highest BCUT2D eigenvalue weighted by atomic mass is 32.2. The zero-order chi connectivity index (χ0) is 18.3. The van der Waals surface area contributed by atoms with Crippen LogP contribution in [0.2, 0.25) is 0 Å². The van der Waals surface area contributed by atoms with Crippen LogP contribution in [-0.2, 0) is 26.0 Å². The third kappa shape index (κ3) is 3.31. The Morgan fingerprint density at radius 3 is 2.85 bits per heavy atom. The van der Waals surface area contributed by atoms with Crippen molar-refractivity contribution in [1.82, 2.24) is 10.6 Å². The fourth-order valence-electron chi connectivity index (χ4n) is 3.14. The minimum absolute atomic E-state index is 0.0936. The number of aliphatic hydroxyl groups is 1. The van der Waals surface area contributed by atoms with Crippen LogP contribution in [0.25, 0.3) is 5.70 Å². The normalized spacial score (nSPS) is 28.3. The summed E-state index contributed by atoms with van der Waals surface area (Å²) in [4.78, 5) is 12.5. The van der Waals surface area contributed by atoms with Gasteiger partial charge in [-0.2, -0.15) is 0 Å². The zero-order valence-corrected chi connectivity index (χ0v) is 14.6. The molecule has 1 fully saturated rings. The zero-order valence-electron chi connectivity index (χ0n) is 13.8. The van der Waals surface area contributed by atoms with Crippen LogP contribution >= 0.6 is 0 Å². The first-order valence-electron chi connectivity index (χ1n) is 8.22. The average Bonchev–Trinajstić information content (AvgIpc) is 3.30. The van der Waals surface area contributed by atoms with Crippen LogP contribution < -0.4 is 10.6 Å².